The van der Waals surface area contributed by atoms with Crippen LogP contribution in [0, 0.1) is 0 Å². The topological polar surface area (TPSA) is 49.4 Å². The number of nitrogens with one attached hydrogen (secondary N) is 1. The summed E-state index contributed by atoms with van der Waals surface area (Å²) in [5, 5.41) is 3.61. The van der Waals surface area contributed by atoms with Gasteiger partial charge in [0.25, 0.3) is 0 Å². The number of nitrogens with zero attached hydrogens (tertiary/aromatic N) is 1. The van der Waals surface area contributed by atoms with E-state index in [4.69, 9.17) is 11.6 Å². The Balaban J connectivity index is 2.19. The number of amides is 2. The van der Waals surface area contributed by atoms with Gasteiger partial charge in [0.15, 0.2) is 0 Å². The Morgan fingerprint density at radius 3 is 2.22 bits per heavy atom. The van der Waals surface area contributed by atoms with Gasteiger partial charge in [-0.2, -0.15) is 0 Å². The number of rotatable bonds is 8. The highest BCUT2D eigenvalue weighted by Crippen LogP contribution is 2.15. The number of hydrogen-bond acceptors (Lipinski definition) is 2. The fourth-order valence-corrected chi connectivity index (χ4v) is 2.83. The first-order chi connectivity index (χ1) is 12.9. The third-order valence-corrected chi connectivity index (χ3v) is 4.88. The van der Waals surface area contributed by atoms with Crippen LogP contribution in [-0.4, -0.2) is 28.8 Å². The highest BCUT2D eigenvalue weighted by Gasteiger charge is 2.26. The third-order valence-electron chi connectivity index (χ3n) is 4.63. The molecule has 2 aromatic carbocycles. The zero-order valence-corrected chi connectivity index (χ0v) is 16.9. The van der Waals surface area contributed by atoms with E-state index in [-0.39, 0.29) is 24.3 Å². The van der Waals surface area contributed by atoms with E-state index in [0.29, 0.717) is 11.6 Å². The molecule has 0 aromatic heterocycles. The Morgan fingerprint density at radius 2 is 1.63 bits per heavy atom. The van der Waals surface area contributed by atoms with Crippen molar-refractivity contribution in [1.82, 2.24) is 10.2 Å². The molecule has 0 aliphatic carbocycles. The smallest absolute Gasteiger partial charge is 0.242 e. The number of halogens is 1. The second-order valence-corrected chi connectivity index (χ2v) is 7.24. The average Bonchev–Trinajstić information content (AvgIpc) is 2.67. The fourth-order valence-electron chi connectivity index (χ4n) is 2.71. The third kappa shape index (κ3) is 6.40. The summed E-state index contributed by atoms with van der Waals surface area (Å²) in [5.74, 6) is -0.220. The minimum atomic E-state index is -0.564. The van der Waals surface area contributed by atoms with E-state index in [9.17, 15) is 9.59 Å². The number of carbonyl (C=O) groups is 2. The number of hydrogen-bond donors (Lipinski definition) is 1. The van der Waals surface area contributed by atoms with Gasteiger partial charge >= 0.3 is 0 Å². The van der Waals surface area contributed by atoms with E-state index in [0.717, 1.165) is 17.5 Å². The predicted molar refractivity (Wildman–Crippen MR) is 110 cm³/mol. The van der Waals surface area contributed by atoms with Crippen molar-refractivity contribution in [3.63, 3.8) is 0 Å². The van der Waals surface area contributed by atoms with Crippen molar-refractivity contribution in [1.29, 1.82) is 0 Å². The van der Waals surface area contributed by atoms with Crippen molar-refractivity contribution in [2.24, 2.45) is 0 Å². The van der Waals surface area contributed by atoms with E-state index in [1.165, 1.54) is 0 Å². The molecule has 0 saturated carbocycles. The van der Waals surface area contributed by atoms with Gasteiger partial charge in [0.1, 0.15) is 6.04 Å². The fraction of sp³-hybridized carbons (Fsp3) is 0.364. The van der Waals surface area contributed by atoms with Gasteiger partial charge in [0.2, 0.25) is 11.8 Å². The largest absolute Gasteiger partial charge is 0.352 e. The quantitative estimate of drug-likeness (QED) is 0.738. The molecule has 144 valence electrons. The Hall–Kier alpha value is -2.33. The molecule has 2 rings (SSSR count). The van der Waals surface area contributed by atoms with Crippen LogP contribution in [0.1, 0.15) is 38.3 Å². The molecule has 2 aromatic rings. The molecule has 0 radical (unpaired) electrons. The molecule has 2 amide bonds. The molecule has 0 bridgehead atoms. The lowest BCUT2D eigenvalue weighted by Gasteiger charge is -2.30. The first-order valence-corrected chi connectivity index (χ1v) is 9.66. The van der Waals surface area contributed by atoms with Crippen LogP contribution in [0.3, 0.4) is 0 Å². The zero-order chi connectivity index (χ0) is 19.8. The molecule has 5 heteroatoms. The molecule has 0 spiro atoms. The lowest BCUT2D eigenvalue weighted by Crippen LogP contribution is -2.49. The SMILES string of the molecule is CC[C@@H](C)NC(=O)[C@@H](C)N(Cc1ccc(Cl)cc1)C(=O)Cc1ccccc1. The number of benzene rings is 2. The van der Waals surface area contributed by atoms with Crippen LogP contribution < -0.4 is 5.32 Å². The van der Waals surface area contributed by atoms with Crippen molar-refractivity contribution >= 4 is 23.4 Å². The highest BCUT2D eigenvalue weighted by molar-refractivity contribution is 6.30. The second-order valence-electron chi connectivity index (χ2n) is 6.80. The van der Waals surface area contributed by atoms with Crippen LogP contribution in [0.4, 0.5) is 0 Å². The molecule has 27 heavy (non-hydrogen) atoms. The maximum Gasteiger partial charge on any atom is 0.242 e. The molecule has 0 unspecified atom stereocenters. The zero-order valence-electron chi connectivity index (χ0n) is 16.1. The summed E-state index contributed by atoms with van der Waals surface area (Å²) in [6, 6.07) is 16.4. The minimum Gasteiger partial charge on any atom is -0.352 e. The van der Waals surface area contributed by atoms with Gasteiger partial charge in [-0.1, -0.05) is 61.0 Å². The monoisotopic (exact) mass is 386 g/mol. The van der Waals surface area contributed by atoms with Gasteiger partial charge in [-0.25, -0.2) is 0 Å². The first kappa shape index (κ1) is 21.0. The number of carbonyl (C=O) groups excluding carboxylic acids is 2. The molecular weight excluding hydrogens is 360 g/mol. The highest BCUT2D eigenvalue weighted by atomic mass is 35.5. The molecule has 0 fully saturated rings. The minimum absolute atomic E-state index is 0.0709. The lowest BCUT2D eigenvalue weighted by molar-refractivity contribution is -0.140. The van der Waals surface area contributed by atoms with Crippen molar-refractivity contribution in [3.8, 4) is 0 Å². The van der Waals surface area contributed by atoms with Gasteiger partial charge in [-0.15, -0.1) is 0 Å². The van der Waals surface area contributed by atoms with Crippen LogP contribution in [0.15, 0.2) is 54.6 Å². The maximum atomic E-state index is 13.0. The van der Waals surface area contributed by atoms with Gasteiger partial charge in [-0.3, -0.25) is 9.59 Å². The average molecular weight is 387 g/mol. The summed E-state index contributed by atoms with van der Waals surface area (Å²) in [6.45, 7) is 6.11. The maximum absolute atomic E-state index is 13.0. The van der Waals surface area contributed by atoms with Crippen LogP contribution in [0.25, 0.3) is 0 Å². The van der Waals surface area contributed by atoms with Crippen LogP contribution in [0.2, 0.25) is 5.02 Å². The molecular formula is C22H27ClN2O2. The van der Waals surface area contributed by atoms with Crippen molar-refractivity contribution in [2.45, 2.75) is 52.2 Å². The predicted octanol–water partition coefficient (Wildman–Crippen LogP) is 4.21. The first-order valence-electron chi connectivity index (χ1n) is 9.29. The van der Waals surface area contributed by atoms with Gasteiger partial charge in [0.05, 0.1) is 6.42 Å². The van der Waals surface area contributed by atoms with Crippen molar-refractivity contribution < 1.29 is 9.59 Å². The van der Waals surface area contributed by atoms with E-state index >= 15 is 0 Å². The van der Waals surface area contributed by atoms with Crippen LogP contribution in [-0.2, 0) is 22.6 Å². The Bertz CT molecular complexity index is 747. The summed E-state index contributed by atoms with van der Waals surface area (Å²) >= 11 is 5.96. The van der Waals surface area contributed by atoms with Crippen LogP contribution in [0.5, 0.6) is 0 Å². The Kier molecular flexibility index (Phi) is 7.86. The molecule has 0 aliphatic heterocycles. The molecule has 0 saturated heterocycles. The van der Waals surface area contributed by atoms with Crippen molar-refractivity contribution in [2.75, 3.05) is 0 Å². The van der Waals surface area contributed by atoms with Gasteiger partial charge in [-0.05, 0) is 43.5 Å². The summed E-state index contributed by atoms with van der Waals surface area (Å²) in [7, 11) is 0. The van der Waals surface area contributed by atoms with E-state index in [2.05, 4.69) is 5.32 Å². The second kappa shape index (κ2) is 10.1. The molecule has 1 N–H and O–H groups in total. The molecule has 0 aliphatic rings. The molecule has 0 heterocycles. The molecule has 4 nitrogen and oxygen atoms in total. The van der Waals surface area contributed by atoms with Gasteiger partial charge in [0, 0.05) is 17.6 Å². The Labute approximate surface area is 166 Å². The lowest BCUT2D eigenvalue weighted by atomic mass is 10.1. The van der Waals surface area contributed by atoms with Crippen molar-refractivity contribution in [3.05, 3.63) is 70.7 Å². The van der Waals surface area contributed by atoms with E-state index in [1.807, 2.05) is 56.3 Å². The van der Waals surface area contributed by atoms with E-state index < -0.39 is 6.04 Å². The normalized spacial score (nSPS) is 12.9. The standard InChI is InChI=1S/C22H27ClN2O2/c1-4-16(2)24-22(27)17(3)25(15-19-10-12-20(23)13-11-19)21(26)14-18-8-6-5-7-9-18/h5-13,16-17H,4,14-15H2,1-3H3,(H,24,27)/t16-,17-/m1/s1. The Morgan fingerprint density at radius 1 is 1.00 bits per heavy atom. The van der Waals surface area contributed by atoms with Gasteiger partial charge < -0.3 is 10.2 Å². The summed E-state index contributed by atoms with van der Waals surface area (Å²) < 4.78 is 0. The summed E-state index contributed by atoms with van der Waals surface area (Å²) in [6.07, 6.45) is 1.10. The molecule has 2 atom stereocenters. The van der Waals surface area contributed by atoms with E-state index in [1.54, 1.807) is 24.0 Å². The summed E-state index contributed by atoms with van der Waals surface area (Å²) in [5.41, 5.74) is 1.86. The van der Waals surface area contributed by atoms with Crippen LogP contribution >= 0.6 is 11.6 Å². The summed E-state index contributed by atoms with van der Waals surface area (Å²) in [4.78, 5) is 27.3.